The van der Waals surface area contributed by atoms with Crippen LogP contribution in [0, 0.1) is 0 Å². The molecule has 0 bridgehead atoms. The Balaban J connectivity index is 1.22. The number of carbonyl (C=O) groups is 3. The standard InChI is InChI=1S/C23H29ClN6O4S/c1-2-34-23(33)30-12-10-29(11-13-30)22(32)26-21-25-18(16-35-21)15-20(31)28-8-6-27(7-9-28)19-5-3-4-17(24)14-19/h3-5,14,16H,2,6-13,15H2,1H3,(H,25,26,32). The number of carbonyl (C=O) groups excluding carboxylic acids is 3. The van der Waals surface area contributed by atoms with Gasteiger partial charge in [-0.05, 0) is 25.1 Å². The van der Waals surface area contributed by atoms with Crippen LogP contribution >= 0.6 is 22.9 Å². The number of ether oxygens (including phenoxy) is 1. The van der Waals surface area contributed by atoms with Gasteiger partial charge in [-0.15, -0.1) is 11.3 Å². The molecule has 2 aliphatic heterocycles. The SMILES string of the molecule is CCOC(=O)N1CCN(C(=O)Nc2nc(CC(=O)N3CCN(c4cccc(Cl)c4)CC3)cs2)CC1. The van der Waals surface area contributed by atoms with E-state index < -0.39 is 0 Å². The summed E-state index contributed by atoms with van der Waals surface area (Å²) in [6.45, 7) is 6.54. The second-order valence-electron chi connectivity index (χ2n) is 8.27. The van der Waals surface area contributed by atoms with Crippen molar-refractivity contribution in [3.8, 4) is 0 Å². The van der Waals surface area contributed by atoms with E-state index in [9.17, 15) is 14.4 Å². The molecular weight excluding hydrogens is 492 g/mol. The van der Waals surface area contributed by atoms with E-state index in [-0.39, 0.29) is 24.5 Å². The van der Waals surface area contributed by atoms with Gasteiger partial charge in [-0.2, -0.15) is 0 Å². The van der Waals surface area contributed by atoms with E-state index in [2.05, 4.69) is 15.2 Å². The maximum absolute atomic E-state index is 12.8. The Morgan fingerprint density at radius 2 is 1.71 bits per heavy atom. The van der Waals surface area contributed by atoms with Crippen molar-refractivity contribution in [2.24, 2.45) is 0 Å². The molecule has 0 atom stereocenters. The number of benzene rings is 1. The predicted molar refractivity (Wildman–Crippen MR) is 135 cm³/mol. The summed E-state index contributed by atoms with van der Waals surface area (Å²) in [6.07, 6.45) is -0.158. The van der Waals surface area contributed by atoms with Gasteiger partial charge in [0.25, 0.3) is 0 Å². The lowest BCUT2D eigenvalue weighted by Crippen LogP contribution is -2.51. The highest BCUT2D eigenvalue weighted by molar-refractivity contribution is 7.13. The number of halogens is 1. The molecule has 1 aromatic heterocycles. The molecule has 1 aromatic carbocycles. The van der Waals surface area contributed by atoms with E-state index in [1.165, 1.54) is 11.3 Å². The number of rotatable bonds is 5. The third-order valence-electron chi connectivity index (χ3n) is 6.00. The highest BCUT2D eigenvalue weighted by Crippen LogP contribution is 2.22. The van der Waals surface area contributed by atoms with Crippen molar-refractivity contribution in [2.45, 2.75) is 13.3 Å². The fraction of sp³-hybridized carbons (Fsp3) is 0.478. The minimum atomic E-state index is -0.354. The Kier molecular flexibility index (Phi) is 8.29. The summed E-state index contributed by atoms with van der Waals surface area (Å²) in [7, 11) is 0. The number of nitrogens with one attached hydrogen (secondary N) is 1. The van der Waals surface area contributed by atoms with Crippen LogP contribution in [0.25, 0.3) is 0 Å². The fourth-order valence-corrected chi connectivity index (χ4v) is 4.96. The van der Waals surface area contributed by atoms with Crippen LogP contribution in [0.2, 0.25) is 5.02 Å². The lowest BCUT2D eigenvalue weighted by Gasteiger charge is -2.36. The summed E-state index contributed by atoms with van der Waals surface area (Å²) in [5.41, 5.74) is 1.70. The number of piperazine rings is 2. The Hall–Kier alpha value is -3.05. The first-order valence-electron chi connectivity index (χ1n) is 11.6. The molecular formula is C23H29ClN6O4S. The number of nitrogens with zero attached hydrogens (tertiary/aromatic N) is 5. The molecule has 4 amide bonds. The van der Waals surface area contributed by atoms with Crippen LogP contribution in [0.15, 0.2) is 29.6 Å². The molecule has 0 spiro atoms. The average Bonchev–Trinajstić information content (AvgIpc) is 3.30. The summed E-state index contributed by atoms with van der Waals surface area (Å²) >= 11 is 7.39. The molecule has 0 unspecified atom stereocenters. The van der Waals surface area contributed by atoms with E-state index in [4.69, 9.17) is 16.3 Å². The van der Waals surface area contributed by atoms with Crippen LogP contribution in [0.3, 0.4) is 0 Å². The van der Waals surface area contributed by atoms with Gasteiger partial charge in [0.05, 0.1) is 18.7 Å². The zero-order chi connectivity index (χ0) is 24.8. The first-order chi connectivity index (χ1) is 16.9. The number of amides is 4. The maximum atomic E-state index is 12.8. The quantitative estimate of drug-likeness (QED) is 0.651. The molecule has 2 aromatic rings. The van der Waals surface area contributed by atoms with E-state index in [0.717, 1.165) is 18.8 Å². The second-order valence-corrected chi connectivity index (χ2v) is 9.57. The number of hydrogen-bond acceptors (Lipinski definition) is 7. The highest BCUT2D eigenvalue weighted by atomic mass is 35.5. The Labute approximate surface area is 213 Å². The Morgan fingerprint density at radius 3 is 2.40 bits per heavy atom. The van der Waals surface area contributed by atoms with Gasteiger partial charge in [-0.25, -0.2) is 14.6 Å². The Bertz CT molecular complexity index is 1050. The summed E-state index contributed by atoms with van der Waals surface area (Å²) < 4.78 is 5.00. The van der Waals surface area contributed by atoms with E-state index in [0.29, 0.717) is 61.7 Å². The molecule has 2 fully saturated rings. The lowest BCUT2D eigenvalue weighted by atomic mass is 10.2. The zero-order valence-electron chi connectivity index (χ0n) is 19.6. The topological polar surface area (TPSA) is 98.3 Å². The zero-order valence-corrected chi connectivity index (χ0v) is 21.2. The molecule has 1 N–H and O–H groups in total. The number of urea groups is 1. The molecule has 2 aliphatic rings. The van der Waals surface area contributed by atoms with Gasteiger partial charge in [0.15, 0.2) is 5.13 Å². The number of hydrogen-bond donors (Lipinski definition) is 1. The molecule has 10 nitrogen and oxygen atoms in total. The fourth-order valence-electron chi connectivity index (χ4n) is 4.08. The van der Waals surface area contributed by atoms with Crippen LogP contribution in [0.5, 0.6) is 0 Å². The van der Waals surface area contributed by atoms with Crippen molar-refractivity contribution < 1.29 is 19.1 Å². The summed E-state index contributed by atoms with van der Waals surface area (Å²) in [5, 5.41) is 5.76. The van der Waals surface area contributed by atoms with E-state index >= 15 is 0 Å². The highest BCUT2D eigenvalue weighted by Gasteiger charge is 2.26. The van der Waals surface area contributed by atoms with E-state index in [1.807, 2.05) is 29.2 Å². The van der Waals surface area contributed by atoms with Crippen molar-refractivity contribution in [1.29, 1.82) is 0 Å². The van der Waals surface area contributed by atoms with Gasteiger partial charge in [0, 0.05) is 68.4 Å². The first kappa shape index (κ1) is 25.1. The van der Waals surface area contributed by atoms with Crippen molar-refractivity contribution in [2.75, 3.05) is 69.2 Å². The largest absolute Gasteiger partial charge is 0.450 e. The minimum Gasteiger partial charge on any atom is -0.450 e. The second kappa shape index (κ2) is 11.6. The molecule has 2 saturated heterocycles. The van der Waals surface area contributed by atoms with Crippen molar-refractivity contribution in [1.82, 2.24) is 19.7 Å². The van der Waals surface area contributed by atoms with Crippen LogP contribution in [-0.4, -0.2) is 96.7 Å². The molecule has 0 aliphatic carbocycles. The molecule has 0 saturated carbocycles. The lowest BCUT2D eigenvalue weighted by molar-refractivity contribution is -0.130. The molecule has 3 heterocycles. The van der Waals surface area contributed by atoms with Crippen LogP contribution in [0.4, 0.5) is 20.4 Å². The monoisotopic (exact) mass is 520 g/mol. The normalized spacial score (nSPS) is 16.3. The number of anilines is 2. The number of thiazole rings is 1. The van der Waals surface area contributed by atoms with Gasteiger partial charge in [0.1, 0.15) is 0 Å². The summed E-state index contributed by atoms with van der Waals surface area (Å²) in [4.78, 5) is 48.9. The summed E-state index contributed by atoms with van der Waals surface area (Å²) in [6, 6.07) is 7.47. The van der Waals surface area contributed by atoms with Gasteiger partial charge in [0.2, 0.25) is 5.91 Å². The smallest absolute Gasteiger partial charge is 0.409 e. The minimum absolute atomic E-state index is 0.0222. The van der Waals surface area contributed by atoms with Gasteiger partial charge in [-0.1, -0.05) is 17.7 Å². The van der Waals surface area contributed by atoms with Crippen molar-refractivity contribution in [3.63, 3.8) is 0 Å². The van der Waals surface area contributed by atoms with Gasteiger partial charge < -0.3 is 24.3 Å². The summed E-state index contributed by atoms with van der Waals surface area (Å²) in [5.74, 6) is 0.0222. The van der Waals surface area contributed by atoms with Gasteiger partial charge >= 0.3 is 12.1 Å². The maximum Gasteiger partial charge on any atom is 0.409 e. The van der Waals surface area contributed by atoms with Crippen LogP contribution in [0.1, 0.15) is 12.6 Å². The van der Waals surface area contributed by atoms with Crippen molar-refractivity contribution in [3.05, 3.63) is 40.4 Å². The average molecular weight is 521 g/mol. The molecule has 35 heavy (non-hydrogen) atoms. The molecule has 188 valence electrons. The predicted octanol–water partition coefficient (Wildman–Crippen LogP) is 2.99. The number of aromatic nitrogens is 1. The van der Waals surface area contributed by atoms with E-state index in [1.54, 1.807) is 22.1 Å². The third kappa shape index (κ3) is 6.55. The van der Waals surface area contributed by atoms with Crippen LogP contribution < -0.4 is 10.2 Å². The van der Waals surface area contributed by atoms with Crippen molar-refractivity contribution >= 4 is 51.8 Å². The first-order valence-corrected chi connectivity index (χ1v) is 12.9. The third-order valence-corrected chi connectivity index (χ3v) is 7.04. The Morgan fingerprint density at radius 1 is 1.03 bits per heavy atom. The molecule has 12 heteroatoms. The molecule has 4 rings (SSSR count). The van der Waals surface area contributed by atoms with Crippen LogP contribution in [-0.2, 0) is 16.0 Å². The molecule has 0 radical (unpaired) electrons. The van der Waals surface area contributed by atoms with Gasteiger partial charge in [-0.3, -0.25) is 10.1 Å².